The fourth-order valence-corrected chi connectivity index (χ4v) is 2.80. The molecule has 1 aromatic carbocycles. The molecule has 1 aromatic rings. The number of hydrogen-bond donors (Lipinski definition) is 3. The number of aliphatic carboxylic acids is 1. The van der Waals surface area contributed by atoms with E-state index in [1.165, 1.54) is 6.07 Å². The van der Waals surface area contributed by atoms with E-state index in [0.717, 1.165) is 12.0 Å². The minimum Gasteiger partial charge on any atom is -0.480 e. The van der Waals surface area contributed by atoms with E-state index in [1.807, 2.05) is 6.07 Å². The van der Waals surface area contributed by atoms with Gasteiger partial charge in [-0.15, -0.1) is 0 Å². The molecule has 0 bridgehead atoms. The Labute approximate surface area is 97.8 Å². The fourth-order valence-electron chi connectivity index (χ4n) is 2.80. The van der Waals surface area contributed by atoms with Crippen molar-refractivity contribution in [2.45, 2.75) is 18.5 Å². The number of halogens is 1. The molecule has 0 aromatic heterocycles. The molecule has 3 atom stereocenters. The van der Waals surface area contributed by atoms with Gasteiger partial charge in [0.1, 0.15) is 11.9 Å². The number of carboxylic acid groups (broad SMARTS) is 1. The average molecular weight is 236 g/mol. The van der Waals surface area contributed by atoms with E-state index in [2.05, 4.69) is 10.6 Å². The highest BCUT2D eigenvalue weighted by Gasteiger charge is 2.43. The van der Waals surface area contributed by atoms with Crippen molar-refractivity contribution < 1.29 is 14.3 Å². The van der Waals surface area contributed by atoms with Gasteiger partial charge < -0.3 is 15.7 Å². The Balaban J connectivity index is 1.95. The molecule has 0 amide bonds. The van der Waals surface area contributed by atoms with Crippen molar-refractivity contribution in [1.29, 1.82) is 0 Å². The van der Waals surface area contributed by atoms with Crippen LogP contribution < -0.4 is 10.6 Å². The highest BCUT2D eigenvalue weighted by molar-refractivity contribution is 5.76. The van der Waals surface area contributed by atoms with Crippen LogP contribution in [0.5, 0.6) is 0 Å². The SMILES string of the molecule is O=C(O)C1NCC2Cc3cccc(F)c3NC21. The summed E-state index contributed by atoms with van der Waals surface area (Å²) in [5.74, 6) is -0.979. The third kappa shape index (κ3) is 1.58. The summed E-state index contributed by atoms with van der Waals surface area (Å²) in [5.41, 5.74) is 1.39. The smallest absolute Gasteiger partial charge is 0.322 e. The average Bonchev–Trinajstić information content (AvgIpc) is 2.70. The molecule has 0 aliphatic carbocycles. The summed E-state index contributed by atoms with van der Waals surface area (Å²) in [5, 5.41) is 15.1. The lowest BCUT2D eigenvalue weighted by Crippen LogP contribution is -2.45. The number of anilines is 1. The molecule has 2 aliphatic rings. The lowest BCUT2D eigenvalue weighted by atomic mass is 9.87. The highest BCUT2D eigenvalue weighted by Crippen LogP contribution is 2.34. The van der Waals surface area contributed by atoms with E-state index in [-0.39, 0.29) is 17.8 Å². The Morgan fingerprint density at radius 2 is 2.29 bits per heavy atom. The normalized spacial score (nSPS) is 30.3. The lowest BCUT2D eigenvalue weighted by molar-refractivity contribution is -0.139. The Morgan fingerprint density at radius 3 is 3.06 bits per heavy atom. The third-order valence-corrected chi connectivity index (χ3v) is 3.63. The van der Waals surface area contributed by atoms with E-state index >= 15 is 0 Å². The molecule has 3 rings (SSSR count). The fraction of sp³-hybridized carbons (Fsp3) is 0.417. The number of rotatable bonds is 1. The maximum atomic E-state index is 13.6. The number of fused-ring (bicyclic) bond motifs is 2. The van der Waals surface area contributed by atoms with Crippen LogP contribution in [0, 0.1) is 11.7 Å². The van der Waals surface area contributed by atoms with Crippen LogP contribution in [0.3, 0.4) is 0 Å². The number of para-hydroxylation sites is 1. The van der Waals surface area contributed by atoms with Crippen LogP contribution in [-0.2, 0) is 11.2 Å². The van der Waals surface area contributed by atoms with Crippen molar-refractivity contribution in [3.8, 4) is 0 Å². The first-order valence-corrected chi connectivity index (χ1v) is 5.67. The van der Waals surface area contributed by atoms with Gasteiger partial charge in [-0.05, 0) is 24.0 Å². The molecule has 5 heteroatoms. The molecule has 17 heavy (non-hydrogen) atoms. The Morgan fingerprint density at radius 1 is 1.47 bits per heavy atom. The summed E-state index contributed by atoms with van der Waals surface area (Å²) in [6, 6.07) is 4.11. The Hall–Kier alpha value is -1.62. The van der Waals surface area contributed by atoms with Gasteiger partial charge in [-0.1, -0.05) is 12.1 Å². The minimum absolute atomic E-state index is 0.213. The van der Waals surface area contributed by atoms with Gasteiger partial charge in [0, 0.05) is 6.54 Å². The highest BCUT2D eigenvalue weighted by atomic mass is 19.1. The number of benzene rings is 1. The zero-order valence-electron chi connectivity index (χ0n) is 9.11. The summed E-state index contributed by atoms with van der Waals surface area (Å²) < 4.78 is 13.6. The molecule has 2 heterocycles. The monoisotopic (exact) mass is 236 g/mol. The standard InChI is InChI=1S/C12H13FN2O2/c13-8-3-1-2-6-4-7-5-14-11(12(16)17)10(7)15-9(6)8/h1-3,7,10-11,14-15H,4-5H2,(H,16,17). The summed E-state index contributed by atoms with van der Waals surface area (Å²) in [6.07, 6.45) is 0.724. The topological polar surface area (TPSA) is 61.4 Å². The van der Waals surface area contributed by atoms with Crippen LogP contribution in [0.4, 0.5) is 10.1 Å². The van der Waals surface area contributed by atoms with Gasteiger partial charge in [-0.3, -0.25) is 4.79 Å². The van der Waals surface area contributed by atoms with Crippen LogP contribution in [0.15, 0.2) is 18.2 Å². The van der Waals surface area contributed by atoms with Crippen molar-refractivity contribution in [3.05, 3.63) is 29.6 Å². The number of nitrogens with one attached hydrogen (secondary N) is 2. The quantitative estimate of drug-likeness (QED) is 0.676. The lowest BCUT2D eigenvalue weighted by Gasteiger charge is -2.31. The van der Waals surface area contributed by atoms with Gasteiger partial charge >= 0.3 is 5.97 Å². The molecule has 1 saturated heterocycles. The maximum Gasteiger partial charge on any atom is 0.322 e. The van der Waals surface area contributed by atoms with Crippen LogP contribution in [-0.4, -0.2) is 29.7 Å². The molecule has 0 radical (unpaired) electrons. The van der Waals surface area contributed by atoms with Crippen molar-refractivity contribution in [1.82, 2.24) is 5.32 Å². The second-order valence-corrected chi connectivity index (χ2v) is 4.63. The maximum absolute atomic E-state index is 13.6. The van der Waals surface area contributed by atoms with Crippen molar-refractivity contribution in [2.24, 2.45) is 5.92 Å². The molecule has 3 N–H and O–H groups in total. The molecule has 2 aliphatic heterocycles. The second kappa shape index (κ2) is 3.70. The summed E-state index contributed by atoms with van der Waals surface area (Å²) in [6.45, 7) is 0.657. The van der Waals surface area contributed by atoms with Gasteiger partial charge in [0.05, 0.1) is 11.7 Å². The van der Waals surface area contributed by atoms with E-state index in [1.54, 1.807) is 6.07 Å². The molecule has 3 unspecified atom stereocenters. The van der Waals surface area contributed by atoms with Gasteiger partial charge in [-0.25, -0.2) is 4.39 Å². The van der Waals surface area contributed by atoms with E-state index in [9.17, 15) is 9.18 Å². The predicted molar refractivity (Wildman–Crippen MR) is 60.4 cm³/mol. The van der Waals surface area contributed by atoms with Gasteiger partial charge in [0.2, 0.25) is 0 Å². The zero-order chi connectivity index (χ0) is 12.0. The summed E-state index contributed by atoms with van der Waals surface area (Å²) in [7, 11) is 0. The van der Waals surface area contributed by atoms with Gasteiger partial charge in [0.25, 0.3) is 0 Å². The first-order valence-electron chi connectivity index (χ1n) is 5.67. The third-order valence-electron chi connectivity index (χ3n) is 3.63. The Bertz CT molecular complexity index is 478. The van der Waals surface area contributed by atoms with Crippen molar-refractivity contribution >= 4 is 11.7 Å². The van der Waals surface area contributed by atoms with Crippen LogP contribution in [0.2, 0.25) is 0 Å². The molecular weight excluding hydrogens is 223 g/mol. The van der Waals surface area contributed by atoms with Crippen LogP contribution in [0.1, 0.15) is 5.56 Å². The molecule has 0 saturated carbocycles. The second-order valence-electron chi connectivity index (χ2n) is 4.63. The van der Waals surface area contributed by atoms with Gasteiger partial charge in [-0.2, -0.15) is 0 Å². The Kier molecular flexibility index (Phi) is 2.29. The van der Waals surface area contributed by atoms with Gasteiger partial charge in [0.15, 0.2) is 0 Å². The van der Waals surface area contributed by atoms with E-state index in [4.69, 9.17) is 5.11 Å². The van der Waals surface area contributed by atoms with Crippen molar-refractivity contribution in [3.63, 3.8) is 0 Å². The van der Waals surface area contributed by atoms with Crippen LogP contribution in [0.25, 0.3) is 0 Å². The number of hydrogen-bond acceptors (Lipinski definition) is 3. The molecule has 1 fully saturated rings. The molecule has 4 nitrogen and oxygen atoms in total. The van der Waals surface area contributed by atoms with E-state index in [0.29, 0.717) is 12.2 Å². The number of carbonyl (C=O) groups is 1. The largest absolute Gasteiger partial charge is 0.480 e. The number of carboxylic acids is 1. The van der Waals surface area contributed by atoms with Crippen molar-refractivity contribution in [2.75, 3.05) is 11.9 Å². The predicted octanol–water partition coefficient (Wildman–Crippen LogP) is 0.835. The first kappa shape index (κ1) is 10.5. The summed E-state index contributed by atoms with van der Waals surface area (Å²) in [4.78, 5) is 11.1. The zero-order valence-corrected chi connectivity index (χ0v) is 9.11. The minimum atomic E-state index is -0.884. The first-order chi connectivity index (χ1) is 8.16. The van der Waals surface area contributed by atoms with E-state index < -0.39 is 12.0 Å². The molecule has 0 spiro atoms. The molecule has 90 valence electrons. The molecular formula is C12H13FN2O2. The summed E-state index contributed by atoms with van der Waals surface area (Å²) >= 11 is 0. The van der Waals surface area contributed by atoms with Crippen LogP contribution >= 0.6 is 0 Å².